The molecule has 0 fully saturated rings. The molecule has 2 rings (SSSR count). The molecule has 7 heteroatoms. The summed E-state index contributed by atoms with van der Waals surface area (Å²) in [5.74, 6) is 0.268. The van der Waals surface area contributed by atoms with Gasteiger partial charge in [0.1, 0.15) is 5.69 Å². The maximum atomic E-state index is 11.3. The minimum Gasteiger partial charge on any atom is -0.487 e. The number of nitro groups is 1. The molecule has 1 atom stereocenters. The molecule has 0 amide bonds. The summed E-state index contributed by atoms with van der Waals surface area (Å²) in [6.07, 6.45) is 0. The molecule has 2 aromatic rings. The summed E-state index contributed by atoms with van der Waals surface area (Å²) >= 11 is 7.36. The number of nitrogens with zero attached hydrogens (tertiary/aromatic N) is 1. The maximum absolute atomic E-state index is 11.3. The van der Waals surface area contributed by atoms with E-state index >= 15 is 0 Å². The number of hydrogen-bond donors (Lipinski definition) is 1. The van der Waals surface area contributed by atoms with E-state index in [0.717, 1.165) is 4.88 Å². The largest absolute Gasteiger partial charge is 0.487 e. The van der Waals surface area contributed by atoms with Gasteiger partial charge in [-0.15, -0.1) is 11.3 Å². The predicted octanol–water partition coefficient (Wildman–Crippen LogP) is 4.88. The molecule has 0 aliphatic rings. The van der Waals surface area contributed by atoms with Gasteiger partial charge in [-0.25, -0.2) is 0 Å². The lowest BCUT2D eigenvalue weighted by atomic mass is 10.2. The highest BCUT2D eigenvalue weighted by molar-refractivity contribution is 7.16. The summed E-state index contributed by atoms with van der Waals surface area (Å²) in [4.78, 5) is 11.9. The molecule has 1 heterocycles. The van der Waals surface area contributed by atoms with Crippen molar-refractivity contribution in [2.24, 2.45) is 0 Å². The third-order valence-electron chi connectivity index (χ3n) is 2.87. The van der Waals surface area contributed by atoms with Crippen LogP contribution < -0.4 is 10.1 Å². The van der Waals surface area contributed by atoms with Crippen LogP contribution in [-0.4, -0.2) is 11.5 Å². The fraction of sp³-hybridized carbons (Fsp3) is 0.286. The third kappa shape index (κ3) is 3.65. The quantitative estimate of drug-likeness (QED) is 0.607. The Kier molecular flexibility index (Phi) is 5.03. The molecule has 0 bridgehead atoms. The fourth-order valence-corrected chi connectivity index (χ4v) is 3.03. The van der Waals surface area contributed by atoms with E-state index in [9.17, 15) is 10.1 Å². The first kappa shape index (κ1) is 15.6. The third-order valence-corrected chi connectivity index (χ3v) is 4.29. The number of hydrogen-bond acceptors (Lipinski definition) is 5. The second kappa shape index (κ2) is 6.78. The summed E-state index contributed by atoms with van der Waals surface area (Å²) < 4.78 is 6.02. The van der Waals surface area contributed by atoms with E-state index in [1.54, 1.807) is 25.1 Å². The van der Waals surface area contributed by atoms with Crippen LogP contribution in [-0.2, 0) is 0 Å². The molecular formula is C14H15ClN2O3S. The molecule has 1 N–H and O–H groups in total. The zero-order valence-electron chi connectivity index (χ0n) is 11.6. The van der Waals surface area contributed by atoms with Crippen LogP contribution in [0.3, 0.4) is 0 Å². The molecule has 1 aromatic heterocycles. The Morgan fingerprint density at radius 3 is 2.76 bits per heavy atom. The van der Waals surface area contributed by atoms with Gasteiger partial charge in [-0.1, -0.05) is 17.7 Å². The van der Waals surface area contributed by atoms with Gasteiger partial charge < -0.3 is 10.1 Å². The zero-order chi connectivity index (χ0) is 15.4. The number of halogens is 1. The van der Waals surface area contributed by atoms with Gasteiger partial charge in [0.2, 0.25) is 0 Å². The van der Waals surface area contributed by atoms with Crippen molar-refractivity contribution in [1.29, 1.82) is 0 Å². The lowest BCUT2D eigenvalue weighted by molar-refractivity contribution is -0.385. The lowest BCUT2D eigenvalue weighted by Crippen LogP contribution is -2.08. The van der Waals surface area contributed by atoms with Gasteiger partial charge >= 0.3 is 5.69 Å². The second-order valence-corrected chi connectivity index (χ2v) is 6.10. The highest BCUT2D eigenvalue weighted by Gasteiger charge is 2.22. The normalized spacial score (nSPS) is 12.0. The van der Waals surface area contributed by atoms with Crippen molar-refractivity contribution in [2.45, 2.75) is 19.9 Å². The van der Waals surface area contributed by atoms with Crippen LogP contribution in [0.4, 0.5) is 11.4 Å². The van der Waals surface area contributed by atoms with Crippen molar-refractivity contribution < 1.29 is 9.66 Å². The van der Waals surface area contributed by atoms with Gasteiger partial charge in [-0.3, -0.25) is 10.1 Å². The number of anilines is 1. The average molecular weight is 327 g/mol. The van der Waals surface area contributed by atoms with E-state index in [4.69, 9.17) is 16.3 Å². The number of ether oxygens (including phenoxy) is 1. The van der Waals surface area contributed by atoms with Crippen molar-refractivity contribution in [3.05, 3.63) is 49.7 Å². The Labute approximate surface area is 131 Å². The molecule has 0 spiro atoms. The summed E-state index contributed by atoms with van der Waals surface area (Å²) in [5.41, 5.74) is 0.386. The van der Waals surface area contributed by atoms with Crippen LogP contribution in [0.15, 0.2) is 30.3 Å². The van der Waals surface area contributed by atoms with Crippen LogP contribution in [0, 0.1) is 10.1 Å². The van der Waals surface area contributed by atoms with E-state index in [1.165, 1.54) is 11.3 Å². The van der Waals surface area contributed by atoms with Gasteiger partial charge in [-0.05, 0) is 38.1 Å². The van der Waals surface area contributed by atoms with Gasteiger partial charge in [0.25, 0.3) is 0 Å². The number of nitrogens with one attached hydrogen (secondary N) is 1. The Morgan fingerprint density at radius 1 is 1.43 bits per heavy atom. The number of thiophene rings is 1. The molecule has 1 unspecified atom stereocenters. The first-order valence-electron chi connectivity index (χ1n) is 6.45. The van der Waals surface area contributed by atoms with Crippen LogP contribution in [0.1, 0.15) is 24.8 Å². The van der Waals surface area contributed by atoms with Crippen molar-refractivity contribution in [2.75, 3.05) is 11.9 Å². The Hall–Kier alpha value is -1.79. The van der Waals surface area contributed by atoms with Crippen LogP contribution in [0.25, 0.3) is 0 Å². The highest BCUT2D eigenvalue weighted by atomic mass is 35.5. The Balaban J connectivity index is 2.30. The Morgan fingerprint density at radius 2 is 2.19 bits per heavy atom. The van der Waals surface area contributed by atoms with Crippen molar-refractivity contribution in [3.8, 4) is 5.75 Å². The van der Waals surface area contributed by atoms with E-state index < -0.39 is 4.92 Å². The highest BCUT2D eigenvalue weighted by Crippen LogP contribution is 2.37. The number of rotatable bonds is 6. The average Bonchev–Trinajstić information content (AvgIpc) is 2.86. The molecule has 0 aliphatic heterocycles. The first-order chi connectivity index (χ1) is 10.0. The van der Waals surface area contributed by atoms with Gasteiger partial charge in [-0.2, -0.15) is 0 Å². The van der Waals surface area contributed by atoms with Crippen molar-refractivity contribution in [3.63, 3.8) is 0 Å². The minimum absolute atomic E-state index is 0.0474. The topological polar surface area (TPSA) is 64.4 Å². The van der Waals surface area contributed by atoms with E-state index in [2.05, 4.69) is 5.32 Å². The lowest BCUT2D eigenvalue weighted by Gasteiger charge is -2.15. The second-order valence-electron chi connectivity index (χ2n) is 4.35. The predicted molar refractivity (Wildman–Crippen MR) is 85.6 cm³/mol. The Bertz CT molecular complexity index is 645. The van der Waals surface area contributed by atoms with E-state index in [0.29, 0.717) is 16.6 Å². The van der Waals surface area contributed by atoms with Crippen LogP contribution >= 0.6 is 22.9 Å². The zero-order valence-corrected chi connectivity index (χ0v) is 13.2. The summed E-state index contributed by atoms with van der Waals surface area (Å²) in [5, 5.41) is 14.5. The number of nitro benzene ring substituents is 1. The molecular weight excluding hydrogens is 312 g/mol. The van der Waals surface area contributed by atoms with Gasteiger partial charge in [0, 0.05) is 4.88 Å². The summed E-state index contributed by atoms with van der Waals surface area (Å²) in [6, 6.07) is 8.63. The molecule has 21 heavy (non-hydrogen) atoms. The molecule has 0 saturated carbocycles. The van der Waals surface area contributed by atoms with Crippen molar-refractivity contribution >= 4 is 34.3 Å². The minimum atomic E-state index is -0.429. The SMILES string of the molecule is CCOc1cccc(NC(C)c2ccc(Cl)s2)c1[N+](=O)[O-]. The fourth-order valence-electron chi connectivity index (χ4n) is 1.96. The number of benzene rings is 1. The van der Waals surface area contributed by atoms with Gasteiger partial charge in [0.15, 0.2) is 5.75 Å². The first-order valence-corrected chi connectivity index (χ1v) is 7.64. The molecule has 0 radical (unpaired) electrons. The van der Waals surface area contributed by atoms with Crippen LogP contribution in [0.5, 0.6) is 5.75 Å². The number of para-hydroxylation sites is 1. The molecule has 5 nitrogen and oxygen atoms in total. The smallest absolute Gasteiger partial charge is 0.333 e. The monoisotopic (exact) mass is 326 g/mol. The van der Waals surface area contributed by atoms with Crippen molar-refractivity contribution in [1.82, 2.24) is 0 Å². The molecule has 0 aliphatic carbocycles. The van der Waals surface area contributed by atoms with E-state index in [1.807, 2.05) is 19.1 Å². The van der Waals surface area contributed by atoms with Gasteiger partial charge in [0.05, 0.1) is 21.9 Å². The molecule has 1 aromatic carbocycles. The standard InChI is InChI=1S/C14H15ClN2O3S/c1-3-20-11-6-4-5-10(14(11)17(18)19)16-9(2)12-7-8-13(15)21-12/h4-9,16H,3H2,1-2H3. The molecule has 0 saturated heterocycles. The summed E-state index contributed by atoms with van der Waals surface area (Å²) in [7, 11) is 0. The summed E-state index contributed by atoms with van der Waals surface area (Å²) in [6.45, 7) is 4.10. The van der Waals surface area contributed by atoms with Crippen LogP contribution in [0.2, 0.25) is 4.34 Å². The maximum Gasteiger partial charge on any atom is 0.333 e. The van der Waals surface area contributed by atoms with E-state index in [-0.39, 0.29) is 17.5 Å². The molecule has 112 valence electrons.